The molecule has 0 bridgehead atoms. The van der Waals surface area contributed by atoms with Gasteiger partial charge in [0.25, 0.3) is 0 Å². The van der Waals surface area contributed by atoms with Crippen molar-refractivity contribution >= 4 is 24.9 Å². The van der Waals surface area contributed by atoms with Crippen molar-refractivity contribution in [1.82, 2.24) is 4.98 Å². The van der Waals surface area contributed by atoms with E-state index >= 15 is 0 Å². The molecule has 0 saturated heterocycles. The molecule has 1 aromatic rings. The zero-order valence-corrected chi connectivity index (χ0v) is 5.81. The standard InChI is InChI=1S/C6H5BClN/c1-4-5(7)2-3-9-6(4)8/h2-3H,1H3. The zero-order valence-electron chi connectivity index (χ0n) is 5.06. The number of rotatable bonds is 0. The Morgan fingerprint density at radius 3 is 2.78 bits per heavy atom. The van der Waals surface area contributed by atoms with Crippen LogP contribution in [0.25, 0.3) is 0 Å². The van der Waals surface area contributed by atoms with Gasteiger partial charge in [-0.15, -0.1) is 0 Å². The summed E-state index contributed by atoms with van der Waals surface area (Å²) in [5.41, 5.74) is 1.54. The van der Waals surface area contributed by atoms with Crippen LogP contribution in [0.3, 0.4) is 0 Å². The van der Waals surface area contributed by atoms with E-state index in [0.29, 0.717) is 10.6 Å². The van der Waals surface area contributed by atoms with Crippen molar-refractivity contribution in [3.63, 3.8) is 0 Å². The monoisotopic (exact) mass is 137 g/mol. The van der Waals surface area contributed by atoms with E-state index in [1.165, 1.54) is 0 Å². The van der Waals surface area contributed by atoms with Crippen LogP contribution in [0.2, 0.25) is 5.15 Å². The van der Waals surface area contributed by atoms with Gasteiger partial charge in [-0.2, -0.15) is 0 Å². The van der Waals surface area contributed by atoms with Crippen molar-refractivity contribution in [3.8, 4) is 0 Å². The molecule has 0 N–H and O–H groups in total. The third-order valence-electron chi connectivity index (χ3n) is 1.18. The average molecular weight is 137 g/mol. The van der Waals surface area contributed by atoms with E-state index < -0.39 is 0 Å². The van der Waals surface area contributed by atoms with E-state index in [1.54, 1.807) is 12.3 Å². The maximum Gasteiger partial charge on any atom is 0.131 e. The van der Waals surface area contributed by atoms with Gasteiger partial charge in [0.05, 0.1) is 0 Å². The summed E-state index contributed by atoms with van der Waals surface area (Å²) in [5, 5.41) is 0.481. The van der Waals surface area contributed by atoms with E-state index in [4.69, 9.17) is 19.4 Å². The molecule has 1 rings (SSSR count). The lowest BCUT2D eigenvalue weighted by molar-refractivity contribution is 1.29. The highest BCUT2D eigenvalue weighted by molar-refractivity contribution is 6.37. The Bertz CT molecular complexity index is 204. The fraction of sp³-hybridized carbons (Fsp3) is 0.167. The molecule has 1 heterocycles. The van der Waals surface area contributed by atoms with Crippen LogP contribution in [-0.2, 0) is 0 Å². The highest BCUT2D eigenvalue weighted by Crippen LogP contribution is 2.05. The Hall–Kier alpha value is -0.495. The van der Waals surface area contributed by atoms with Crippen LogP contribution >= 0.6 is 11.6 Å². The largest absolute Gasteiger partial charge is 0.244 e. The summed E-state index contributed by atoms with van der Waals surface area (Å²) in [6, 6.07) is 1.72. The van der Waals surface area contributed by atoms with E-state index in [0.717, 1.165) is 5.56 Å². The number of hydrogen-bond acceptors (Lipinski definition) is 1. The molecule has 0 amide bonds. The second-order valence-corrected chi connectivity index (χ2v) is 2.17. The van der Waals surface area contributed by atoms with Crippen LogP contribution in [0.5, 0.6) is 0 Å². The number of hydrogen-bond donors (Lipinski definition) is 0. The molecule has 44 valence electrons. The summed E-state index contributed by atoms with van der Waals surface area (Å²) in [4.78, 5) is 3.82. The summed E-state index contributed by atoms with van der Waals surface area (Å²) in [6.07, 6.45) is 1.59. The molecule has 0 fully saturated rings. The number of aromatic nitrogens is 1. The van der Waals surface area contributed by atoms with Gasteiger partial charge in [0.2, 0.25) is 0 Å². The van der Waals surface area contributed by atoms with Crippen LogP contribution in [-0.4, -0.2) is 12.8 Å². The lowest BCUT2D eigenvalue weighted by Gasteiger charge is -1.98. The fourth-order valence-electron chi connectivity index (χ4n) is 0.524. The summed E-state index contributed by atoms with van der Waals surface area (Å²) in [6.45, 7) is 1.84. The second-order valence-electron chi connectivity index (χ2n) is 1.82. The van der Waals surface area contributed by atoms with Crippen molar-refractivity contribution in [2.24, 2.45) is 0 Å². The molecule has 0 aliphatic heterocycles. The average Bonchev–Trinajstić information content (AvgIpc) is 1.83. The van der Waals surface area contributed by atoms with E-state index in [-0.39, 0.29) is 0 Å². The van der Waals surface area contributed by atoms with Crippen LogP contribution in [0.1, 0.15) is 5.56 Å². The van der Waals surface area contributed by atoms with Gasteiger partial charge in [0.1, 0.15) is 13.0 Å². The topological polar surface area (TPSA) is 12.9 Å². The maximum absolute atomic E-state index is 5.62. The fourth-order valence-corrected chi connectivity index (χ4v) is 0.689. The van der Waals surface area contributed by atoms with Crippen LogP contribution < -0.4 is 5.46 Å². The molecule has 3 heteroatoms. The van der Waals surface area contributed by atoms with Crippen LogP contribution in [0, 0.1) is 6.92 Å². The zero-order chi connectivity index (χ0) is 6.85. The molecule has 0 saturated carbocycles. The minimum atomic E-state index is 0.481. The maximum atomic E-state index is 5.62. The predicted octanol–water partition coefficient (Wildman–Crippen LogP) is 0.837. The summed E-state index contributed by atoms with van der Waals surface area (Å²) in [7, 11) is 5.50. The number of nitrogens with zero attached hydrogens (tertiary/aromatic N) is 1. The first kappa shape index (κ1) is 6.62. The third-order valence-corrected chi connectivity index (χ3v) is 1.57. The molecular weight excluding hydrogens is 132 g/mol. The highest BCUT2D eigenvalue weighted by atomic mass is 35.5. The minimum absolute atomic E-state index is 0.481. The van der Waals surface area contributed by atoms with Crippen molar-refractivity contribution in [1.29, 1.82) is 0 Å². The first-order valence-electron chi connectivity index (χ1n) is 2.58. The Morgan fingerprint density at radius 2 is 2.33 bits per heavy atom. The van der Waals surface area contributed by atoms with Gasteiger partial charge in [-0.3, -0.25) is 0 Å². The quantitative estimate of drug-likeness (QED) is 0.381. The van der Waals surface area contributed by atoms with Gasteiger partial charge in [-0.25, -0.2) is 4.98 Å². The van der Waals surface area contributed by atoms with Crippen molar-refractivity contribution in [3.05, 3.63) is 23.0 Å². The lowest BCUT2D eigenvalue weighted by atomic mass is 9.93. The predicted molar refractivity (Wildman–Crippen MR) is 39.4 cm³/mol. The molecule has 0 aliphatic rings. The third kappa shape index (κ3) is 1.25. The van der Waals surface area contributed by atoms with Gasteiger partial charge in [-0.05, 0) is 12.5 Å². The first-order valence-corrected chi connectivity index (χ1v) is 2.96. The summed E-state index contributed by atoms with van der Waals surface area (Å²) in [5.74, 6) is 0. The van der Waals surface area contributed by atoms with Crippen molar-refractivity contribution < 1.29 is 0 Å². The van der Waals surface area contributed by atoms with E-state index in [2.05, 4.69) is 4.98 Å². The molecule has 1 nitrogen and oxygen atoms in total. The summed E-state index contributed by atoms with van der Waals surface area (Å²) >= 11 is 5.62. The Labute approximate surface area is 60.5 Å². The molecule has 0 atom stereocenters. The number of halogens is 1. The molecule has 0 aliphatic carbocycles. The number of pyridine rings is 1. The van der Waals surface area contributed by atoms with Crippen LogP contribution in [0.15, 0.2) is 12.3 Å². The summed E-state index contributed by atoms with van der Waals surface area (Å²) < 4.78 is 0. The molecule has 0 aromatic carbocycles. The smallest absolute Gasteiger partial charge is 0.131 e. The van der Waals surface area contributed by atoms with Crippen molar-refractivity contribution in [2.45, 2.75) is 6.92 Å². The Kier molecular flexibility index (Phi) is 1.77. The molecule has 2 radical (unpaired) electrons. The van der Waals surface area contributed by atoms with Gasteiger partial charge in [0.15, 0.2) is 0 Å². The van der Waals surface area contributed by atoms with Gasteiger partial charge < -0.3 is 0 Å². The van der Waals surface area contributed by atoms with Crippen molar-refractivity contribution in [2.75, 3.05) is 0 Å². The molecular formula is C6H5BClN. The van der Waals surface area contributed by atoms with Gasteiger partial charge in [-0.1, -0.05) is 23.1 Å². The first-order chi connectivity index (χ1) is 4.22. The van der Waals surface area contributed by atoms with Gasteiger partial charge in [0, 0.05) is 6.20 Å². The molecule has 0 unspecified atom stereocenters. The molecule has 0 spiro atoms. The Morgan fingerprint density at radius 1 is 1.67 bits per heavy atom. The van der Waals surface area contributed by atoms with Gasteiger partial charge >= 0.3 is 0 Å². The molecule has 1 aromatic heterocycles. The Balaban J connectivity index is 3.25. The SMILES string of the molecule is [B]c1ccnc(Cl)c1C. The van der Waals surface area contributed by atoms with E-state index in [9.17, 15) is 0 Å². The minimum Gasteiger partial charge on any atom is -0.244 e. The van der Waals surface area contributed by atoms with Crippen LogP contribution in [0.4, 0.5) is 0 Å². The van der Waals surface area contributed by atoms with E-state index in [1.807, 2.05) is 6.92 Å². The lowest BCUT2D eigenvalue weighted by Crippen LogP contribution is -2.07. The second kappa shape index (κ2) is 2.40. The normalized spacial score (nSPS) is 9.56. The molecule has 9 heavy (non-hydrogen) atoms. The highest BCUT2D eigenvalue weighted by Gasteiger charge is 1.95.